The Morgan fingerprint density at radius 2 is 2.05 bits per heavy atom. The van der Waals surface area contributed by atoms with Gasteiger partial charge in [-0.15, -0.1) is 0 Å². The third-order valence-corrected chi connectivity index (χ3v) is 3.03. The van der Waals surface area contributed by atoms with Gasteiger partial charge < -0.3 is 15.4 Å². The molecule has 5 heteroatoms. The Morgan fingerprint density at radius 1 is 1.33 bits per heavy atom. The molecule has 1 rings (SSSR count). The van der Waals surface area contributed by atoms with Crippen molar-refractivity contribution in [2.75, 3.05) is 19.7 Å². The summed E-state index contributed by atoms with van der Waals surface area (Å²) in [5.74, 6) is -0.221. The van der Waals surface area contributed by atoms with Crippen LogP contribution in [0.4, 0.5) is 4.39 Å². The highest BCUT2D eigenvalue weighted by Crippen LogP contribution is 2.22. The topological polar surface area (TPSA) is 50.4 Å². The van der Waals surface area contributed by atoms with Crippen molar-refractivity contribution in [1.29, 1.82) is 0 Å². The summed E-state index contributed by atoms with van der Waals surface area (Å²) >= 11 is 0. The first-order chi connectivity index (χ1) is 9.93. The number of halogens is 1. The van der Waals surface area contributed by atoms with Crippen LogP contribution in [0.25, 0.3) is 0 Å². The highest BCUT2D eigenvalue weighted by molar-refractivity contribution is 5.77. The van der Waals surface area contributed by atoms with E-state index in [4.69, 9.17) is 4.74 Å². The summed E-state index contributed by atoms with van der Waals surface area (Å²) in [6.07, 6.45) is 0. The number of benzene rings is 1. The summed E-state index contributed by atoms with van der Waals surface area (Å²) in [6.45, 7) is 9.21. The zero-order valence-electron chi connectivity index (χ0n) is 13.2. The first-order valence-electron chi connectivity index (χ1n) is 7.36. The molecule has 0 aliphatic carbocycles. The summed E-state index contributed by atoms with van der Waals surface area (Å²) in [4.78, 5) is 11.5. The van der Waals surface area contributed by atoms with E-state index < -0.39 is 5.82 Å². The second-order valence-corrected chi connectivity index (χ2v) is 5.46. The van der Waals surface area contributed by atoms with Gasteiger partial charge in [0.1, 0.15) is 0 Å². The van der Waals surface area contributed by atoms with Crippen molar-refractivity contribution in [3.8, 4) is 5.75 Å². The number of ether oxygens (including phenoxy) is 1. The summed E-state index contributed by atoms with van der Waals surface area (Å²) in [6, 6.07) is 4.88. The van der Waals surface area contributed by atoms with Gasteiger partial charge in [-0.1, -0.05) is 26.8 Å². The van der Waals surface area contributed by atoms with Gasteiger partial charge in [-0.3, -0.25) is 4.79 Å². The first-order valence-corrected chi connectivity index (χ1v) is 7.36. The number of hydrogen-bond donors (Lipinski definition) is 2. The minimum absolute atomic E-state index is 0.0768. The number of carbonyl (C=O) groups excluding carboxylic acids is 1. The summed E-state index contributed by atoms with van der Waals surface area (Å²) in [5, 5.41) is 5.94. The molecule has 0 fully saturated rings. The van der Waals surface area contributed by atoms with Gasteiger partial charge in [-0.2, -0.15) is 0 Å². The van der Waals surface area contributed by atoms with E-state index in [-0.39, 0.29) is 24.3 Å². The SMILES string of the molecule is CCNC(C)c1ccc(OCC(=O)NCC(C)C)c(F)c1. The Balaban J connectivity index is 2.55. The normalized spacial score (nSPS) is 12.3. The maximum Gasteiger partial charge on any atom is 0.257 e. The summed E-state index contributed by atoms with van der Waals surface area (Å²) < 4.78 is 19.1. The molecule has 1 amide bonds. The quantitative estimate of drug-likeness (QED) is 0.775. The molecule has 0 radical (unpaired) electrons. The van der Waals surface area contributed by atoms with Gasteiger partial charge in [-0.05, 0) is 37.1 Å². The van der Waals surface area contributed by atoms with Gasteiger partial charge in [0.05, 0.1) is 0 Å². The van der Waals surface area contributed by atoms with Crippen LogP contribution in [-0.4, -0.2) is 25.6 Å². The smallest absolute Gasteiger partial charge is 0.257 e. The molecular weight excluding hydrogens is 271 g/mol. The molecule has 1 aromatic rings. The molecule has 21 heavy (non-hydrogen) atoms. The summed E-state index contributed by atoms with van der Waals surface area (Å²) in [7, 11) is 0. The molecule has 0 saturated carbocycles. The highest BCUT2D eigenvalue weighted by Gasteiger charge is 2.11. The van der Waals surface area contributed by atoms with Crippen molar-refractivity contribution >= 4 is 5.91 Å². The molecule has 0 heterocycles. The maximum absolute atomic E-state index is 13.9. The maximum atomic E-state index is 13.9. The van der Waals surface area contributed by atoms with Crippen molar-refractivity contribution in [3.05, 3.63) is 29.6 Å². The second-order valence-electron chi connectivity index (χ2n) is 5.46. The second kappa shape index (κ2) is 8.62. The van der Waals surface area contributed by atoms with E-state index in [2.05, 4.69) is 10.6 Å². The Bertz CT molecular complexity index is 464. The largest absolute Gasteiger partial charge is 0.481 e. The lowest BCUT2D eigenvalue weighted by atomic mass is 10.1. The molecule has 1 atom stereocenters. The van der Waals surface area contributed by atoms with Crippen molar-refractivity contribution < 1.29 is 13.9 Å². The Labute approximate surface area is 126 Å². The third kappa shape index (κ3) is 6.12. The lowest BCUT2D eigenvalue weighted by Crippen LogP contribution is -2.31. The molecule has 1 unspecified atom stereocenters. The highest BCUT2D eigenvalue weighted by atomic mass is 19.1. The number of carbonyl (C=O) groups is 1. The van der Waals surface area contributed by atoms with Gasteiger partial charge in [0.25, 0.3) is 5.91 Å². The van der Waals surface area contributed by atoms with Crippen LogP contribution in [-0.2, 0) is 4.79 Å². The third-order valence-electron chi connectivity index (χ3n) is 3.03. The molecule has 0 saturated heterocycles. The number of rotatable bonds is 8. The van der Waals surface area contributed by atoms with Crippen molar-refractivity contribution in [1.82, 2.24) is 10.6 Å². The molecule has 0 bridgehead atoms. The number of hydrogen-bond acceptors (Lipinski definition) is 3. The van der Waals surface area contributed by atoms with Crippen LogP contribution in [0.1, 0.15) is 39.3 Å². The van der Waals surface area contributed by atoms with Crippen LogP contribution in [0.5, 0.6) is 5.75 Å². The molecule has 0 aliphatic heterocycles. The molecule has 2 N–H and O–H groups in total. The van der Waals surface area contributed by atoms with Crippen LogP contribution >= 0.6 is 0 Å². The van der Waals surface area contributed by atoms with Crippen LogP contribution in [0, 0.1) is 11.7 Å². The fraction of sp³-hybridized carbons (Fsp3) is 0.562. The summed E-state index contributed by atoms with van der Waals surface area (Å²) in [5.41, 5.74) is 0.853. The average Bonchev–Trinajstić information content (AvgIpc) is 2.44. The minimum atomic E-state index is -0.450. The van der Waals surface area contributed by atoms with Crippen molar-refractivity contribution in [3.63, 3.8) is 0 Å². The molecule has 1 aromatic carbocycles. The number of amides is 1. The van der Waals surface area contributed by atoms with E-state index in [9.17, 15) is 9.18 Å². The molecule has 118 valence electrons. The Morgan fingerprint density at radius 3 is 2.62 bits per heavy atom. The van der Waals surface area contributed by atoms with E-state index in [1.54, 1.807) is 12.1 Å². The average molecular weight is 296 g/mol. The predicted octanol–water partition coefficient (Wildman–Crippen LogP) is 2.65. The van der Waals surface area contributed by atoms with Crippen LogP contribution in [0.3, 0.4) is 0 Å². The van der Waals surface area contributed by atoms with Crippen molar-refractivity contribution in [2.24, 2.45) is 5.92 Å². The van der Waals surface area contributed by atoms with Gasteiger partial charge in [0.15, 0.2) is 18.2 Å². The lowest BCUT2D eigenvalue weighted by molar-refractivity contribution is -0.123. The Hall–Kier alpha value is -1.62. The van der Waals surface area contributed by atoms with Crippen LogP contribution < -0.4 is 15.4 Å². The van der Waals surface area contributed by atoms with E-state index in [0.717, 1.165) is 12.1 Å². The van der Waals surface area contributed by atoms with Crippen molar-refractivity contribution in [2.45, 2.75) is 33.7 Å². The lowest BCUT2D eigenvalue weighted by Gasteiger charge is -2.14. The zero-order valence-corrected chi connectivity index (χ0v) is 13.2. The molecule has 4 nitrogen and oxygen atoms in total. The molecular formula is C16H25FN2O2. The molecule has 0 aromatic heterocycles. The zero-order chi connectivity index (χ0) is 15.8. The fourth-order valence-electron chi connectivity index (χ4n) is 1.84. The fourth-order valence-corrected chi connectivity index (χ4v) is 1.84. The van der Waals surface area contributed by atoms with Crippen LogP contribution in [0.2, 0.25) is 0 Å². The minimum Gasteiger partial charge on any atom is -0.481 e. The molecule has 0 aliphatic rings. The molecule has 0 spiro atoms. The standard InChI is InChI=1S/C16H25FN2O2/c1-5-18-12(4)13-6-7-15(14(17)8-13)21-10-16(20)19-9-11(2)3/h6-8,11-12,18H,5,9-10H2,1-4H3,(H,19,20). The van der Waals surface area contributed by atoms with E-state index in [0.29, 0.717) is 12.5 Å². The monoisotopic (exact) mass is 296 g/mol. The number of nitrogens with one attached hydrogen (secondary N) is 2. The Kier molecular flexibility index (Phi) is 7.15. The van der Waals surface area contributed by atoms with Gasteiger partial charge in [0.2, 0.25) is 0 Å². The van der Waals surface area contributed by atoms with Gasteiger partial charge in [-0.25, -0.2) is 4.39 Å². The van der Waals surface area contributed by atoms with Gasteiger partial charge in [0, 0.05) is 12.6 Å². The van der Waals surface area contributed by atoms with E-state index in [1.807, 2.05) is 27.7 Å². The van der Waals surface area contributed by atoms with E-state index in [1.165, 1.54) is 6.07 Å². The first kappa shape index (κ1) is 17.4. The van der Waals surface area contributed by atoms with Crippen LogP contribution in [0.15, 0.2) is 18.2 Å². The van der Waals surface area contributed by atoms with Gasteiger partial charge >= 0.3 is 0 Å². The predicted molar refractivity (Wildman–Crippen MR) is 81.8 cm³/mol. The van der Waals surface area contributed by atoms with E-state index >= 15 is 0 Å².